The third kappa shape index (κ3) is 3.64. The van der Waals surface area contributed by atoms with Crippen molar-refractivity contribution in [1.29, 1.82) is 0 Å². The van der Waals surface area contributed by atoms with Gasteiger partial charge in [-0.1, -0.05) is 54.6 Å². The second-order valence-electron chi connectivity index (χ2n) is 6.95. The van der Waals surface area contributed by atoms with Gasteiger partial charge >= 0.3 is 0 Å². The molecular weight excluding hydrogens is 350 g/mol. The highest BCUT2D eigenvalue weighted by molar-refractivity contribution is 6.03. The molecule has 2 amide bonds. The van der Waals surface area contributed by atoms with E-state index >= 15 is 0 Å². The molecule has 0 fully saturated rings. The lowest BCUT2D eigenvalue weighted by atomic mass is 10.0. The number of amides is 2. The molecule has 0 aliphatic carbocycles. The van der Waals surface area contributed by atoms with Crippen LogP contribution in [0.15, 0.2) is 72.8 Å². The molecule has 1 aliphatic heterocycles. The third-order valence-corrected chi connectivity index (χ3v) is 4.94. The van der Waals surface area contributed by atoms with E-state index in [0.29, 0.717) is 24.3 Å². The fourth-order valence-corrected chi connectivity index (χ4v) is 3.53. The van der Waals surface area contributed by atoms with Gasteiger partial charge in [0.25, 0.3) is 5.91 Å². The van der Waals surface area contributed by atoms with Gasteiger partial charge in [0.2, 0.25) is 5.91 Å². The fourth-order valence-electron chi connectivity index (χ4n) is 3.53. The van der Waals surface area contributed by atoms with Crippen LogP contribution in [0.3, 0.4) is 0 Å². The van der Waals surface area contributed by atoms with Gasteiger partial charge in [-0.2, -0.15) is 0 Å². The number of hydrogen-bond acceptors (Lipinski definition) is 3. The Bertz CT molecular complexity index is 1020. The van der Waals surface area contributed by atoms with E-state index < -0.39 is 6.04 Å². The summed E-state index contributed by atoms with van der Waals surface area (Å²) in [6.45, 7) is 2.30. The molecule has 5 heteroatoms. The number of pyridine rings is 1. The smallest absolute Gasteiger partial charge is 0.255 e. The SMILES string of the molecule is Cc1cccc(NC(=O)[C@@H](Cc2ccccc2)N2Cc3ccccc3C2=O)n1. The Kier molecular flexibility index (Phi) is 4.89. The number of rotatable bonds is 5. The van der Waals surface area contributed by atoms with E-state index in [1.165, 1.54) is 0 Å². The molecule has 0 bridgehead atoms. The Hall–Kier alpha value is -3.47. The van der Waals surface area contributed by atoms with Crippen LogP contribution in [0.1, 0.15) is 27.2 Å². The van der Waals surface area contributed by atoms with E-state index in [-0.39, 0.29) is 11.8 Å². The minimum absolute atomic E-state index is 0.108. The zero-order valence-corrected chi connectivity index (χ0v) is 15.6. The Balaban J connectivity index is 1.63. The number of fused-ring (bicyclic) bond motifs is 1. The highest BCUT2D eigenvalue weighted by Crippen LogP contribution is 2.26. The molecule has 140 valence electrons. The van der Waals surface area contributed by atoms with Crippen LogP contribution in [-0.4, -0.2) is 27.7 Å². The molecule has 5 nitrogen and oxygen atoms in total. The molecule has 3 aromatic rings. The highest BCUT2D eigenvalue weighted by atomic mass is 16.2. The van der Waals surface area contributed by atoms with Crippen molar-refractivity contribution < 1.29 is 9.59 Å². The van der Waals surface area contributed by atoms with E-state index in [4.69, 9.17) is 0 Å². The fraction of sp³-hybridized carbons (Fsp3) is 0.174. The summed E-state index contributed by atoms with van der Waals surface area (Å²) in [6.07, 6.45) is 0.443. The van der Waals surface area contributed by atoms with Gasteiger partial charge in [-0.3, -0.25) is 9.59 Å². The van der Waals surface area contributed by atoms with Crippen molar-refractivity contribution in [3.8, 4) is 0 Å². The topological polar surface area (TPSA) is 62.3 Å². The molecule has 28 heavy (non-hydrogen) atoms. The quantitative estimate of drug-likeness (QED) is 0.745. The van der Waals surface area contributed by atoms with E-state index in [2.05, 4.69) is 10.3 Å². The molecule has 2 heterocycles. The second-order valence-corrected chi connectivity index (χ2v) is 6.95. The summed E-state index contributed by atoms with van der Waals surface area (Å²) in [5.41, 5.74) is 3.44. The Morgan fingerprint density at radius 3 is 2.54 bits per heavy atom. The first kappa shape index (κ1) is 17.9. The van der Waals surface area contributed by atoms with Crippen molar-refractivity contribution in [2.75, 3.05) is 5.32 Å². The van der Waals surface area contributed by atoms with Crippen LogP contribution in [0.5, 0.6) is 0 Å². The van der Waals surface area contributed by atoms with Crippen LogP contribution in [-0.2, 0) is 17.8 Å². The lowest BCUT2D eigenvalue weighted by molar-refractivity contribution is -0.120. The van der Waals surface area contributed by atoms with Crippen LogP contribution in [0.25, 0.3) is 0 Å². The van der Waals surface area contributed by atoms with Crippen LogP contribution in [0.4, 0.5) is 5.82 Å². The number of nitrogens with one attached hydrogen (secondary N) is 1. The Morgan fingerprint density at radius 2 is 1.79 bits per heavy atom. The van der Waals surface area contributed by atoms with Gasteiger partial charge in [0.15, 0.2) is 0 Å². The van der Waals surface area contributed by atoms with Crippen molar-refractivity contribution in [1.82, 2.24) is 9.88 Å². The molecule has 1 atom stereocenters. The van der Waals surface area contributed by atoms with Gasteiger partial charge in [-0.05, 0) is 36.2 Å². The summed E-state index contributed by atoms with van der Waals surface area (Å²) < 4.78 is 0. The molecule has 1 N–H and O–H groups in total. The highest BCUT2D eigenvalue weighted by Gasteiger charge is 2.36. The maximum atomic E-state index is 13.2. The summed E-state index contributed by atoms with van der Waals surface area (Å²) in [4.78, 5) is 32.1. The Labute approximate surface area is 164 Å². The lowest BCUT2D eigenvalue weighted by Crippen LogP contribution is -2.45. The predicted molar refractivity (Wildman–Crippen MR) is 108 cm³/mol. The minimum atomic E-state index is -0.621. The van der Waals surface area contributed by atoms with Gasteiger partial charge in [-0.15, -0.1) is 0 Å². The number of carbonyl (C=O) groups excluding carboxylic acids is 2. The summed E-state index contributed by atoms with van der Waals surface area (Å²) in [6, 6.07) is 22.1. The number of carbonyl (C=O) groups is 2. The van der Waals surface area contributed by atoms with Crippen LogP contribution >= 0.6 is 0 Å². The summed E-state index contributed by atoms with van der Waals surface area (Å²) in [5.74, 6) is 0.152. The molecular formula is C23H21N3O2. The monoisotopic (exact) mass is 371 g/mol. The largest absolute Gasteiger partial charge is 0.322 e. The number of anilines is 1. The van der Waals surface area contributed by atoms with Crippen molar-refractivity contribution in [2.45, 2.75) is 25.9 Å². The molecule has 0 unspecified atom stereocenters. The zero-order valence-electron chi connectivity index (χ0n) is 15.6. The minimum Gasteiger partial charge on any atom is -0.322 e. The lowest BCUT2D eigenvalue weighted by Gasteiger charge is -2.27. The van der Waals surface area contributed by atoms with E-state index in [9.17, 15) is 9.59 Å². The molecule has 0 spiro atoms. The van der Waals surface area contributed by atoms with Gasteiger partial charge in [-0.25, -0.2) is 4.98 Å². The Morgan fingerprint density at radius 1 is 1.04 bits per heavy atom. The van der Waals surface area contributed by atoms with E-state index in [1.54, 1.807) is 11.0 Å². The molecule has 2 aromatic carbocycles. The van der Waals surface area contributed by atoms with Crippen molar-refractivity contribution in [3.05, 3.63) is 95.2 Å². The molecule has 0 radical (unpaired) electrons. The number of benzene rings is 2. The van der Waals surface area contributed by atoms with Crippen LogP contribution in [0.2, 0.25) is 0 Å². The molecule has 0 saturated heterocycles. The molecule has 1 aliphatic rings. The maximum absolute atomic E-state index is 13.2. The first-order chi connectivity index (χ1) is 13.6. The van der Waals surface area contributed by atoms with E-state index in [1.807, 2.05) is 73.7 Å². The maximum Gasteiger partial charge on any atom is 0.255 e. The average molecular weight is 371 g/mol. The normalized spacial score (nSPS) is 13.9. The van der Waals surface area contributed by atoms with E-state index in [0.717, 1.165) is 16.8 Å². The average Bonchev–Trinajstić information content (AvgIpc) is 3.03. The zero-order chi connectivity index (χ0) is 19.5. The van der Waals surface area contributed by atoms with Crippen molar-refractivity contribution in [2.24, 2.45) is 0 Å². The first-order valence-electron chi connectivity index (χ1n) is 9.29. The van der Waals surface area contributed by atoms with Gasteiger partial charge in [0.1, 0.15) is 11.9 Å². The molecule has 1 aromatic heterocycles. The van der Waals surface area contributed by atoms with Crippen LogP contribution < -0.4 is 5.32 Å². The standard InChI is InChI=1S/C23H21N3O2/c1-16-8-7-13-21(24-16)25-22(27)20(14-17-9-3-2-4-10-17)26-15-18-11-5-6-12-19(18)23(26)28/h2-13,20H,14-15H2,1H3,(H,24,25,27)/t20-/m1/s1. The first-order valence-corrected chi connectivity index (χ1v) is 9.29. The number of nitrogens with zero attached hydrogens (tertiary/aromatic N) is 2. The summed E-state index contributed by atoms with van der Waals surface area (Å²) in [7, 11) is 0. The number of aromatic nitrogens is 1. The summed E-state index contributed by atoms with van der Waals surface area (Å²) in [5, 5.41) is 2.88. The third-order valence-electron chi connectivity index (χ3n) is 4.94. The van der Waals surface area contributed by atoms with Crippen LogP contribution in [0, 0.1) is 6.92 Å². The van der Waals surface area contributed by atoms with Gasteiger partial charge in [0.05, 0.1) is 0 Å². The molecule has 4 rings (SSSR count). The van der Waals surface area contributed by atoms with Crippen molar-refractivity contribution >= 4 is 17.6 Å². The predicted octanol–water partition coefficient (Wildman–Crippen LogP) is 3.60. The molecule has 0 saturated carbocycles. The van der Waals surface area contributed by atoms with Gasteiger partial charge in [0, 0.05) is 24.2 Å². The van der Waals surface area contributed by atoms with Gasteiger partial charge < -0.3 is 10.2 Å². The van der Waals surface area contributed by atoms with Crippen molar-refractivity contribution in [3.63, 3.8) is 0 Å². The number of hydrogen-bond donors (Lipinski definition) is 1. The number of aryl methyl sites for hydroxylation is 1. The summed E-state index contributed by atoms with van der Waals surface area (Å²) >= 11 is 0. The second kappa shape index (κ2) is 7.64.